The predicted molar refractivity (Wildman–Crippen MR) is 67.2 cm³/mol. The summed E-state index contributed by atoms with van der Waals surface area (Å²) in [5.74, 6) is 0.811. The van der Waals surface area contributed by atoms with E-state index in [9.17, 15) is 0 Å². The second-order valence-corrected chi connectivity index (χ2v) is 4.65. The highest BCUT2D eigenvalue weighted by molar-refractivity contribution is 6.32. The molecule has 2 unspecified atom stereocenters. The average molecular weight is 240 g/mol. The quantitative estimate of drug-likeness (QED) is 0.871. The molecule has 0 saturated heterocycles. The van der Waals surface area contributed by atoms with E-state index in [1.807, 2.05) is 24.3 Å². The van der Waals surface area contributed by atoms with Gasteiger partial charge in [-0.05, 0) is 37.9 Å². The molecule has 2 nitrogen and oxygen atoms in total. The molecule has 16 heavy (non-hydrogen) atoms. The van der Waals surface area contributed by atoms with Crippen molar-refractivity contribution in [3.05, 3.63) is 29.3 Å². The third kappa shape index (κ3) is 2.89. The molecule has 0 bridgehead atoms. The van der Waals surface area contributed by atoms with Crippen molar-refractivity contribution in [2.75, 3.05) is 6.54 Å². The van der Waals surface area contributed by atoms with Crippen LogP contribution in [0.5, 0.6) is 5.75 Å². The fourth-order valence-corrected chi connectivity index (χ4v) is 2.42. The van der Waals surface area contributed by atoms with E-state index < -0.39 is 0 Å². The minimum absolute atomic E-state index is 0.309. The summed E-state index contributed by atoms with van der Waals surface area (Å²) in [6, 6.07) is 8.29. The summed E-state index contributed by atoms with van der Waals surface area (Å²) >= 11 is 6.06. The molecular weight excluding hydrogens is 222 g/mol. The van der Waals surface area contributed by atoms with E-state index in [1.54, 1.807) is 0 Å². The number of hydrogen-bond donors (Lipinski definition) is 1. The van der Waals surface area contributed by atoms with Crippen molar-refractivity contribution in [2.24, 2.45) is 0 Å². The first-order valence-electron chi connectivity index (χ1n) is 5.94. The van der Waals surface area contributed by atoms with Gasteiger partial charge in [-0.3, -0.25) is 0 Å². The minimum Gasteiger partial charge on any atom is -0.489 e. The molecular formula is C13H18ClNO. The summed E-state index contributed by atoms with van der Waals surface area (Å²) in [6.45, 7) is 3.17. The van der Waals surface area contributed by atoms with Crippen LogP contribution in [-0.2, 0) is 0 Å². The summed E-state index contributed by atoms with van der Waals surface area (Å²) in [6.07, 6.45) is 3.70. The van der Waals surface area contributed by atoms with Crippen LogP contribution in [0.1, 0.15) is 26.2 Å². The van der Waals surface area contributed by atoms with Crippen molar-refractivity contribution in [3.8, 4) is 5.75 Å². The predicted octanol–water partition coefficient (Wildman–Crippen LogP) is 3.25. The Morgan fingerprint density at radius 1 is 1.38 bits per heavy atom. The van der Waals surface area contributed by atoms with Gasteiger partial charge in [0.1, 0.15) is 11.9 Å². The van der Waals surface area contributed by atoms with Gasteiger partial charge in [-0.1, -0.05) is 30.7 Å². The van der Waals surface area contributed by atoms with Crippen molar-refractivity contribution in [1.82, 2.24) is 5.32 Å². The van der Waals surface area contributed by atoms with E-state index in [0.29, 0.717) is 17.2 Å². The first-order chi connectivity index (χ1) is 7.79. The molecule has 0 aliphatic heterocycles. The summed E-state index contributed by atoms with van der Waals surface area (Å²) in [7, 11) is 0. The van der Waals surface area contributed by atoms with Crippen LogP contribution in [-0.4, -0.2) is 18.7 Å². The maximum Gasteiger partial charge on any atom is 0.138 e. The molecule has 1 aliphatic carbocycles. The van der Waals surface area contributed by atoms with E-state index in [4.69, 9.17) is 16.3 Å². The van der Waals surface area contributed by atoms with Crippen LogP contribution in [0.3, 0.4) is 0 Å². The fraction of sp³-hybridized carbons (Fsp3) is 0.538. The summed E-state index contributed by atoms with van der Waals surface area (Å²) in [5, 5.41) is 4.16. The molecule has 0 heterocycles. The van der Waals surface area contributed by atoms with Crippen LogP contribution in [0, 0.1) is 0 Å². The lowest BCUT2D eigenvalue weighted by molar-refractivity contribution is 0.206. The first-order valence-corrected chi connectivity index (χ1v) is 6.32. The van der Waals surface area contributed by atoms with E-state index in [0.717, 1.165) is 25.1 Å². The zero-order valence-corrected chi connectivity index (χ0v) is 10.3. The van der Waals surface area contributed by atoms with Gasteiger partial charge in [0.2, 0.25) is 0 Å². The van der Waals surface area contributed by atoms with Crippen LogP contribution < -0.4 is 10.1 Å². The van der Waals surface area contributed by atoms with Crippen LogP contribution in [0.4, 0.5) is 0 Å². The smallest absolute Gasteiger partial charge is 0.138 e. The molecule has 1 fully saturated rings. The Bertz CT molecular complexity index is 342. The van der Waals surface area contributed by atoms with E-state index in [2.05, 4.69) is 12.2 Å². The van der Waals surface area contributed by atoms with Crippen molar-refractivity contribution in [3.63, 3.8) is 0 Å². The zero-order valence-electron chi connectivity index (χ0n) is 9.58. The highest BCUT2D eigenvalue weighted by atomic mass is 35.5. The van der Waals surface area contributed by atoms with Gasteiger partial charge in [-0.25, -0.2) is 0 Å². The summed E-state index contributed by atoms with van der Waals surface area (Å²) in [5.41, 5.74) is 0. The molecule has 0 radical (unpaired) electrons. The van der Waals surface area contributed by atoms with Crippen molar-refractivity contribution < 1.29 is 4.74 Å². The minimum atomic E-state index is 0.309. The van der Waals surface area contributed by atoms with Crippen molar-refractivity contribution >= 4 is 11.6 Å². The molecule has 0 amide bonds. The molecule has 1 aliphatic rings. The van der Waals surface area contributed by atoms with Crippen molar-refractivity contribution in [2.45, 2.75) is 38.3 Å². The Hall–Kier alpha value is -0.730. The number of rotatable bonds is 4. The third-order valence-electron chi connectivity index (χ3n) is 3.01. The maximum absolute atomic E-state index is 6.06. The molecule has 88 valence electrons. The zero-order chi connectivity index (χ0) is 11.4. The lowest BCUT2D eigenvalue weighted by Crippen LogP contribution is -2.27. The molecule has 1 saturated carbocycles. The topological polar surface area (TPSA) is 21.3 Å². The van der Waals surface area contributed by atoms with Gasteiger partial charge in [0, 0.05) is 6.04 Å². The van der Waals surface area contributed by atoms with Gasteiger partial charge >= 0.3 is 0 Å². The molecule has 1 aromatic carbocycles. The molecule has 0 aromatic heterocycles. The van der Waals surface area contributed by atoms with E-state index >= 15 is 0 Å². The second kappa shape index (κ2) is 5.55. The van der Waals surface area contributed by atoms with Gasteiger partial charge < -0.3 is 10.1 Å². The number of ether oxygens (including phenoxy) is 1. The largest absolute Gasteiger partial charge is 0.489 e. The molecule has 1 N–H and O–H groups in total. The Balaban J connectivity index is 1.90. The van der Waals surface area contributed by atoms with E-state index in [-0.39, 0.29) is 0 Å². The standard InChI is InChI=1S/C13H18ClNO/c1-2-15-10-7-8-11(9-10)16-13-6-4-3-5-12(13)14/h3-6,10-11,15H,2,7-9H2,1H3. The SMILES string of the molecule is CCNC1CCC(Oc2ccccc2Cl)C1. The molecule has 2 atom stereocenters. The van der Waals surface area contributed by atoms with Gasteiger partial charge in [0.25, 0.3) is 0 Å². The highest BCUT2D eigenvalue weighted by Crippen LogP contribution is 2.29. The van der Waals surface area contributed by atoms with Crippen LogP contribution in [0.25, 0.3) is 0 Å². The summed E-state index contributed by atoms with van der Waals surface area (Å²) in [4.78, 5) is 0. The lowest BCUT2D eigenvalue weighted by atomic mass is 10.2. The van der Waals surface area contributed by atoms with Gasteiger partial charge in [-0.15, -0.1) is 0 Å². The number of hydrogen-bond acceptors (Lipinski definition) is 2. The van der Waals surface area contributed by atoms with Crippen LogP contribution >= 0.6 is 11.6 Å². The number of para-hydroxylation sites is 1. The summed E-state index contributed by atoms with van der Waals surface area (Å²) < 4.78 is 5.91. The molecule has 1 aromatic rings. The third-order valence-corrected chi connectivity index (χ3v) is 3.32. The molecule has 0 spiro atoms. The maximum atomic E-state index is 6.06. The van der Waals surface area contributed by atoms with Crippen molar-refractivity contribution in [1.29, 1.82) is 0 Å². The van der Waals surface area contributed by atoms with Gasteiger partial charge in [-0.2, -0.15) is 0 Å². The number of halogens is 1. The Kier molecular flexibility index (Phi) is 4.08. The molecule has 3 heteroatoms. The number of nitrogens with one attached hydrogen (secondary N) is 1. The Morgan fingerprint density at radius 3 is 2.94 bits per heavy atom. The Labute approximate surface area is 102 Å². The fourth-order valence-electron chi connectivity index (χ4n) is 2.24. The van der Waals surface area contributed by atoms with E-state index in [1.165, 1.54) is 6.42 Å². The lowest BCUT2D eigenvalue weighted by Gasteiger charge is -2.15. The Morgan fingerprint density at radius 2 is 2.19 bits per heavy atom. The highest BCUT2D eigenvalue weighted by Gasteiger charge is 2.25. The average Bonchev–Trinajstić information content (AvgIpc) is 2.70. The van der Waals surface area contributed by atoms with Gasteiger partial charge in [0.05, 0.1) is 5.02 Å². The van der Waals surface area contributed by atoms with Crippen LogP contribution in [0.15, 0.2) is 24.3 Å². The monoisotopic (exact) mass is 239 g/mol. The van der Waals surface area contributed by atoms with Gasteiger partial charge in [0.15, 0.2) is 0 Å². The van der Waals surface area contributed by atoms with Crippen LogP contribution in [0.2, 0.25) is 5.02 Å². The first kappa shape index (κ1) is 11.7. The second-order valence-electron chi connectivity index (χ2n) is 4.24. The molecule has 2 rings (SSSR count). The number of benzene rings is 1. The normalized spacial score (nSPS) is 24.6.